The van der Waals surface area contributed by atoms with E-state index in [-0.39, 0.29) is 0 Å². The summed E-state index contributed by atoms with van der Waals surface area (Å²) in [5, 5.41) is 4.03. The van der Waals surface area contributed by atoms with Gasteiger partial charge in [-0.2, -0.15) is 0 Å². The van der Waals surface area contributed by atoms with Gasteiger partial charge in [-0.05, 0) is 5.41 Å². The molecule has 3 heteroatoms. The molecule has 0 fully saturated rings. The molecule has 0 saturated carbocycles. The number of carbonyl (C=O) groups excluding carboxylic acids is 1. The monoisotopic (exact) mass is 117 g/mol. The fourth-order valence-corrected chi connectivity index (χ4v) is 0.344. The highest BCUT2D eigenvalue weighted by Crippen LogP contribution is 1.82. The molecule has 0 spiro atoms. The van der Waals surface area contributed by atoms with Crippen LogP contribution in [0.1, 0.15) is 0 Å². The number of rotatable bonds is 2. The second kappa shape index (κ2) is 3.74. The van der Waals surface area contributed by atoms with Crippen LogP contribution in [0.5, 0.6) is 0 Å². The van der Waals surface area contributed by atoms with E-state index in [2.05, 4.69) is 17.9 Å². The van der Waals surface area contributed by atoms with E-state index >= 15 is 0 Å². The normalized spacial score (nSPS) is 10.9. The van der Waals surface area contributed by atoms with Crippen molar-refractivity contribution in [1.29, 1.82) is 0 Å². The van der Waals surface area contributed by atoms with Crippen molar-refractivity contribution in [2.45, 2.75) is 0 Å². The summed E-state index contributed by atoms with van der Waals surface area (Å²) in [5.74, 6) is 0. The highest BCUT2D eigenvalue weighted by molar-refractivity contribution is 7.83. The highest BCUT2D eigenvalue weighted by atomic mass is 32.1. The van der Waals surface area contributed by atoms with Crippen LogP contribution in [0, 0.1) is 0 Å². The van der Waals surface area contributed by atoms with Crippen LogP contribution in [0.4, 0.5) is 0 Å². The summed E-state index contributed by atoms with van der Waals surface area (Å²) in [5.41, 5.74) is 0.489. The Balaban J connectivity index is 3.60. The summed E-state index contributed by atoms with van der Waals surface area (Å²) in [6, 6.07) is 0. The second-order valence-corrected chi connectivity index (χ2v) is 1.21. The number of allylic oxidation sites excluding steroid dienone is 1. The van der Waals surface area contributed by atoms with E-state index in [1.165, 1.54) is 5.41 Å². The summed E-state index contributed by atoms with van der Waals surface area (Å²) in [6.07, 6.45) is 0.701. The third kappa shape index (κ3) is 2.28. The van der Waals surface area contributed by atoms with Crippen LogP contribution in [0.2, 0.25) is 0 Å². The largest absolute Gasteiger partial charge is 0.385 e. The lowest BCUT2D eigenvalue weighted by Gasteiger charge is -1.89. The quantitative estimate of drug-likeness (QED) is 0.307. The fourth-order valence-electron chi connectivity index (χ4n) is 0.154. The van der Waals surface area contributed by atoms with Gasteiger partial charge in [0, 0.05) is 7.05 Å². The molecular formula is C4H7NOS. The van der Waals surface area contributed by atoms with Crippen LogP contribution in [-0.2, 0) is 4.79 Å². The molecule has 0 saturated heterocycles. The highest BCUT2D eigenvalue weighted by Gasteiger charge is 1.80. The predicted molar refractivity (Wildman–Crippen MR) is 32.2 cm³/mol. The van der Waals surface area contributed by atoms with E-state index < -0.39 is 0 Å². The summed E-state index contributed by atoms with van der Waals surface area (Å²) < 4.78 is 0. The Morgan fingerprint density at radius 2 is 2.43 bits per heavy atom. The Labute approximate surface area is 48.0 Å². The second-order valence-electron chi connectivity index (χ2n) is 0.952. The maximum atomic E-state index is 9.79. The first-order valence-corrected chi connectivity index (χ1v) is 2.34. The molecule has 0 bridgehead atoms. The zero-order chi connectivity index (χ0) is 5.70. The van der Waals surface area contributed by atoms with Gasteiger partial charge in [0.05, 0.1) is 5.70 Å². The molecule has 0 radical (unpaired) electrons. The third-order valence-corrected chi connectivity index (χ3v) is 0.833. The Morgan fingerprint density at radius 1 is 1.86 bits per heavy atom. The number of aldehydes is 1. The van der Waals surface area contributed by atoms with Gasteiger partial charge in [0.25, 0.3) is 0 Å². The van der Waals surface area contributed by atoms with Crippen LogP contribution in [-0.4, -0.2) is 13.3 Å². The molecule has 0 rings (SSSR count). The van der Waals surface area contributed by atoms with Gasteiger partial charge < -0.3 is 5.32 Å². The molecule has 0 amide bonds. The van der Waals surface area contributed by atoms with Crippen molar-refractivity contribution >= 4 is 18.9 Å². The van der Waals surface area contributed by atoms with Crippen molar-refractivity contribution in [3.05, 3.63) is 11.1 Å². The Hall–Kier alpha value is -0.440. The molecule has 0 heterocycles. The first kappa shape index (κ1) is 6.56. The van der Waals surface area contributed by atoms with Crippen molar-refractivity contribution < 1.29 is 4.79 Å². The van der Waals surface area contributed by atoms with Gasteiger partial charge in [0.15, 0.2) is 6.29 Å². The van der Waals surface area contributed by atoms with Crippen LogP contribution >= 0.6 is 12.6 Å². The van der Waals surface area contributed by atoms with Gasteiger partial charge in [-0.15, -0.1) is 12.6 Å². The van der Waals surface area contributed by atoms with E-state index in [0.717, 1.165) is 0 Å². The van der Waals surface area contributed by atoms with E-state index in [1.807, 2.05) is 0 Å². The van der Waals surface area contributed by atoms with Gasteiger partial charge >= 0.3 is 0 Å². The van der Waals surface area contributed by atoms with Crippen molar-refractivity contribution in [2.75, 3.05) is 7.05 Å². The first-order valence-electron chi connectivity index (χ1n) is 1.82. The fraction of sp³-hybridized carbons (Fsp3) is 0.250. The Bertz CT molecular complexity index is 89.7. The van der Waals surface area contributed by atoms with Gasteiger partial charge in [-0.3, -0.25) is 4.79 Å². The topological polar surface area (TPSA) is 29.1 Å². The van der Waals surface area contributed by atoms with Crippen molar-refractivity contribution in [2.24, 2.45) is 0 Å². The number of carbonyl (C=O) groups is 1. The number of thiol groups is 1. The predicted octanol–water partition coefficient (Wildman–Crippen LogP) is 0.176. The summed E-state index contributed by atoms with van der Waals surface area (Å²) in [6.45, 7) is 0. The molecule has 0 aliphatic heterocycles. The minimum absolute atomic E-state index is 0.489. The molecule has 40 valence electrons. The zero-order valence-corrected chi connectivity index (χ0v) is 4.90. The van der Waals surface area contributed by atoms with E-state index in [4.69, 9.17) is 0 Å². The maximum Gasteiger partial charge on any atom is 0.166 e. The van der Waals surface area contributed by atoms with Crippen LogP contribution in [0.25, 0.3) is 0 Å². The summed E-state index contributed by atoms with van der Waals surface area (Å²) in [4.78, 5) is 9.79. The SMILES string of the molecule is CN/C(C=O)=C\S. The van der Waals surface area contributed by atoms with Gasteiger partial charge in [0.1, 0.15) is 0 Å². The van der Waals surface area contributed by atoms with Crippen LogP contribution < -0.4 is 5.32 Å². The molecule has 0 atom stereocenters. The number of hydrogen-bond donors (Lipinski definition) is 2. The lowest BCUT2D eigenvalue weighted by molar-refractivity contribution is -0.105. The van der Waals surface area contributed by atoms with Crippen molar-refractivity contribution in [1.82, 2.24) is 5.32 Å². The van der Waals surface area contributed by atoms with Gasteiger partial charge in [0.2, 0.25) is 0 Å². The lowest BCUT2D eigenvalue weighted by Crippen LogP contribution is -2.04. The minimum Gasteiger partial charge on any atom is -0.385 e. The van der Waals surface area contributed by atoms with E-state index in [9.17, 15) is 4.79 Å². The molecule has 0 aliphatic rings. The zero-order valence-electron chi connectivity index (χ0n) is 4.01. The number of hydrogen-bond acceptors (Lipinski definition) is 3. The van der Waals surface area contributed by atoms with Gasteiger partial charge in [-0.25, -0.2) is 0 Å². The smallest absolute Gasteiger partial charge is 0.166 e. The van der Waals surface area contributed by atoms with Crippen LogP contribution in [0.3, 0.4) is 0 Å². The molecule has 0 unspecified atom stereocenters. The maximum absolute atomic E-state index is 9.79. The van der Waals surface area contributed by atoms with E-state index in [0.29, 0.717) is 12.0 Å². The Kier molecular flexibility index (Phi) is 3.50. The summed E-state index contributed by atoms with van der Waals surface area (Å²) in [7, 11) is 1.66. The van der Waals surface area contributed by atoms with Crippen molar-refractivity contribution in [3.63, 3.8) is 0 Å². The molecule has 1 N–H and O–H groups in total. The first-order chi connectivity index (χ1) is 3.35. The summed E-state index contributed by atoms with van der Waals surface area (Å²) >= 11 is 3.72. The molecule has 0 aliphatic carbocycles. The molecule has 2 nitrogen and oxygen atoms in total. The number of likely N-dealkylation sites (N-methyl/N-ethyl adjacent to an activating group) is 1. The standard InChI is InChI=1S/C4H7NOS/c1-5-4(2-6)3-7/h2-3,5,7H,1H3/b4-3-. The molecule has 0 aromatic rings. The van der Waals surface area contributed by atoms with Crippen LogP contribution in [0.15, 0.2) is 11.1 Å². The average molecular weight is 117 g/mol. The average Bonchev–Trinajstić information content (AvgIpc) is 1.72. The molecule has 7 heavy (non-hydrogen) atoms. The molecule has 0 aromatic carbocycles. The molecule has 0 aromatic heterocycles. The third-order valence-electron chi connectivity index (χ3n) is 0.555. The van der Waals surface area contributed by atoms with E-state index in [1.54, 1.807) is 7.05 Å². The lowest BCUT2D eigenvalue weighted by atomic mass is 10.6. The minimum atomic E-state index is 0.489. The Morgan fingerprint density at radius 3 is 2.43 bits per heavy atom. The number of nitrogens with one attached hydrogen (secondary N) is 1. The van der Waals surface area contributed by atoms with Crippen molar-refractivity contribution in [3.8, 4) is 0 Å². The molecular weight excluding hydrogens is 110 g/mol. The van der Waals surface area contributed by atoms with Gasteiger partial charge in [-0.1, -0.05) is 0 Å².